The van der Waals surface area contributed by atoms with Gasteiger partial charge in [-0.3, -0.25) is 4.79 Å². The molecule has 0 aliphatic carbocycles. The van der Waals surface area contributed by atoms with Crippen LogP contribution in [0, 0.1) is 5.92 Å². The van der Waals surface area contributed by atoms with E-state index in [1.54, 1.807) is 31.2 Å². The fraction of sp³-hybridized carbons (Fsp3) is 0.500. The molecule has 0 saturated heterocycles. The van der Waals surface area contributed by atoms with Crippen LogP contribution in [0.25, 0.3) is 0 Å². The third-order valence-corrected chi connectivity index (χ3v) is 3.73. The maximum absolute atomic E-state index is 11.9. The molecule has 0 aliphatic heterocycles. The lowest BCUT2D eigenvalue weighted by molar-refractivity contribution is 0.00593. The monoisotopic (exact) mass is 269 g/mol. The van der Waals surface area contributed by atoms with E-state index in [2.05, 4.69) is 5.32 Å². The Morgan fingerprint density at radius 3 is 2.67 bits per heavy atom. The second kappa shape index (κ2) is 6.21. The highest BCUT2D eigenvalue weighted by Gasteiger charge is 2.27. The van der Waals surface area contributed by atoms with Crippen molar-refractivity contribution in [3.63, 3.8) is 0 Å². The zero-order valence-electron chi connectivity index (χ0n) is 11.0. The van der Waals surface area contributed by atoms with Gasteiger partial charge in [-0.1, -0.05) is 44.0 Å². The largest absolute Gasteiger partial charge is 0.388 e. The zero-order chi connectivity index (χ0) is 13.8. The van der Waals surface area contributed by atoms with Gasteiger partial charge in [0.15, 0.2) is 0 Å². The molecule has 0 radical (unpaired) electrons. The molecule has 1 rings (SSSR count). The molecule has 2 atom stereocenters. The predicted molar refractivity (Wildman–Crippen MR) is 73.9 cm³/mol. The second-order valence-corrected chi connectivity index (χ2v) is 5.24. The van der Waals surface area contributed by atoms with E-state index in [0.717, 1.165) is 6.42 Å². The first-order valence-electron chi connectivity index (χ1n) is 6.13. The van der Waals surface area contributed by atoms with Gasteiger partial charge in [0, 0.05) is 6.54 Å². The molecule has 0 aromatic heterocycles. The Kier molecular flexibility index (Phi) is 5.17. The molecule has 4 heteroatoms. The lowest BCUT2D eigenvalue weighted by atomic mass is 9.88. The van der Waals surface area contributed by atoms with Crippen LogP contribution < -0.4 is 5.32 Å². The summed E-state index contributed by atoms with van der Waals surface area (Å²) in [5, 5.41) is 13.3. The van der Waals surface area contributed by atoms with Crippen LogP contribution in [0.2, 0.25) is 5.02 Å². The molecule has 2 N–H and O–H groups in total. The molecule has 2 unspecified atom stereocenters. The maximum atomic E-state index is 11.9. The Morgan fingerprint density at radius 2 is 2.11 bits per heavy atom. The van der Waals surface area contributed by atoms with Gasteiger partial charge in [0.05, 0.1) is 16.2 Å². The number of amides is 1. The Labute approximate surface area is 113 Å². The van der Waals surface area contributed by atoms with Crippen LogP contribution >= 0.6 is 11.6 Å². The number of halogens is 1. The number of carbonyl (C=O) groups is 1. The average Bonchev–Trinajstić information content (AvgIpc) is 2.35. The van der Waals surface area contributed by atoms with Crippen LogP contribution in [-0.2, 0) is 0 Å². The number of benzene rings is 1. The number of aliphatic hydroxyl groups is 1. The Hall–Kier alpha value is -1.06. The molecule has 1 aromatic carbocycles. The lowest BCUT2D eigenvalue weighted by Gasteiger charge is -2.29. The smallest absolute Gasteiger partial charge is 0.252 e. The van der Waals surface area contributed by atoms with Crippen LogP contribution in [0.1, 0.15) is 37.6 Å². The van der Waals surface area contributed by atoms with Crippen molar-refractivity contribution in [1.29, 1.82) is 0 Å². The van der Waals surface area contributed by atoms with Crippen LogP contribution in [0.4, 0.5) is 0 Å². The van der Waals surface area contributed by atoms with Crippen molar-refractivity contribution in [2.75, 3.05) is 6.54 Å². The molecule has 1 aromatic rings. The summed E-state index contributed by atoms with van der Waals surface area (Å²) in [4.78, 5) is 11.9. The lowest BCUT2D eigenvalue weighted by Crippen LogP contribution is -2.45. The summed E-state index contributed by atoms with van der Waals surface area (Å²) in [5.74, 6) is -0.145. The van der Waals surface area contributed by atoms with Crippen molar-refractivity contribution in [2.45, 2.75) is 32.8 Å². The molecule has 1 amide bonds. The average molecular weight is 270 g/mol. The van der Waals surface area contributed by atoms with Crippen LogP contribution in [0.3, 0.4) is 0 Å². The van der Waals surface area contributed by atoms with E-state index in [0.29, 0.717) is 10.6 Å². The number of rotatable bonds is 5. The molecule has 0 bridgehead atoms. The number of hydrogen-bond donors (Lipinski definition) is 2. The van der Waals surface area contributed by atoms with Gasteiger partial charge in [0.25, 0.3) is 5.91 Å². The summed E-state index contributed by atoms with van der Waals surface area (Å²) < 4.78 is 0. The fourth-order valence-corrected chi connectivity index (χ4v) is 1.84. The molecule has 18 heavy (non-hydrogen) atoms. The van der Waals surface area contributed by atoms with Gasteiger partial charge in [-0.15, -0.1) is 0 Å². The first kappa shape index (κ1) is 15.0. The topological polar surface area (TPSA) is 49.3 Å². The van der Waals surface area contributed by atoms with E-state index < -0.39 is 5.60 Å². The van der Waals surface area contributed by atoms with Gasteiger partial charge in [0.1, 0.15) is 0 Å². The minimum Gasteiger partial charge on any atom is -0.388 e. The van der Waals surface area contributed by atoms with Crippen molar-refractivity contribution < 1.29 is 9.90 Å². The fourth-order valence-electron chi connectivity index (χ4n) is 1.61. The normalized spacial score (nSPS) is 15.8. The van der Waals surface area contributed by atoms with Gasteiger partial charge in [0.2, 0.25) is 0 Å². The Bertz CT molecular complexity index is 418. The van der Waals surface area contributed by atoms with Crippen molar-refractivity contribution >= 4 is 17.5 Å². The molecular formula is C14H20ClNO2. The predicted octanol–water partition coefficient (Wildman–Crippen LogP) is 2.87. The third-order valence-electron chi connectivity index (χ3n) is 3.40. The number of hydrogen-bond acceptors (Lipinski definition) is 2. The minimum absolute atomic E-state index is 0.115. The third kappa shape index (κ3) is 3.72. The van der Waals surface area contributed by atoms with Crippen molar-refractivity contribution in [3.8, 4) is 0 Å². The second-order valence-electron chi connectivity index (χ2n) is 4.83. The molecular weight excluding hydrogens is 250 g/mol. The molecule has 0 aliphatic rings. The standard InChI is InChI=1S/C14H20ClNO2/c1-4-10(2)14(3,18)9-16-13(17)11-7-5-6-8-12(11)15/h5-8,10,18H,4,9H2,1-3H3,(H,16,17). The quantitative estimate of drug-likeness (QED) is 0.864. The molecule has 3 nitrogen and oxygen atoms in total. The van der Waals surface area contributed by atoms with Crippen molar-refractivity contribution in [2.24, 2.45) is 5.92 Å². The maximum Gasteiger partial charge on any atom is 0.252 e. The summed E-state index contributed by atoms with van der Waals surface area (Å²) in [6, 6.07) is 6.86. The summed E-state index contributed by atoms with van der Waals surface area (Å²) in [5.41, 5.74) is -0.481. The molecule has 0 spiro atoms. The number of nitrogens with one attached hydrogen (secondary N) is 1. The highest BCUT2D eigenvalue weighted by atomic mass is 35.5. The summed E-state index contributed by atoms with van der Waals surface area (Å²) in [7, 11) is 0. The van der Waals surface area contributed by atoms with Gasteiger partial charge in [-0.05, 0) is 25.0 Å². The Morgan fingerprint density at radius 1 is 1.50 bits per heavy atom. The first-order chi connectivity index (χ1) is 8.38. The van der Waals surface area contributed by atoms with E-state index in [4.69, 9.17) is 11.6 Å². The highest BCUT2D eigenvalue weighted by Crippen LogP contribution is 2.19. The minimum atomic E-state index is -0.911. The SMILES string of the molecule is CCC(C)C(C)(O)CNC(=O)c1ccccc1Cl. The molecule has 100 valence electrons. The molecule has 0 heterocycles. The van der Waals surface area contributed by atoms with E-state index in [9.17, 15) is 9.90 Å². The highest BCUT2D eigenvalue weighted by molar-refractivity contribution is 6.33. The summed E-state index contributed by atoms with van der Waals surface area (Å²) >= 11 is 5.94. The number of carbonyl (C=O) groups excluding carboxylic acids is 1. The van der Waals surface area contributed by atoms with Crippen molar-refractivity contribution in [1.82, 2.24) is 5.32 Å². The summed E-state index contributed by atoms with van der Waals surface area (Å²) in [6.07, 6.45) is 0.856. The van der Waals surface area contributed by atoms with Gasteiger partial charge in [-0.2, -0.15) is 0 Å². The summed E-state index contributed by atoms with van der Waals surface area (Å²) in [6.45, 7) is 5.91. The van der Waals surface area contributed by atoms with Gasteiger partial charge < -0.3 is 10.4 Å². The van der Waals surface area contributed by atoms with Crippen molar-refractivity contribution in [3.05, 3.63) is 34.9 Å². The van der Waals surface area contributed by atoms with Crippen LogP contribution in [0.15, 0.2) is 24.3 Å². The van der Waals surface area contributed by atoms with E-state index in [1.807, 2.05) is 13.8 Å². The first-order valence-corrected chi connectivity index (χ1v) is 6.51. The zero-order valence-corrected chi connectivity index (χ0v) is 11.8. The van der Waals surface area contributed by atoms with Crippen LogP contribution in [0.5, 0.6) is 0 Å². The van der Waals surface area contributed by atoms with E-state index in [1.165, 1.54) is 0 Å². The van der Waals surface area contributed by atoms with E-state index in [-0.39, 0.29) is 18.4 Å². The van der Waals surface area contributed by atoms with Gasteiger partial charge >= 0.3 is 0 Å². The van der Waals surface area contributed by atoms with Crippen LogP contribution in [-0.4, -0.2) is 23.2 Å². The molecule has 0 saturated carbocycles. The Balaban J connectivity index is 2.65. The van der Waals surface area contributed by atoms with E-state index >= 15 is 0 Å². The van der Waals surface area contributed by atoms with Gasteiger partial charge in [-0.25, -0.2) is 0 Å². The molecule has 0 fully saturated rings.